The first kappa shape index (κ1) is 15.2. The molecule has 1 unspecified atom stereocenters. The largest absolute Gasteiger partial charge is 0.481 e. The van der Waals surface area contributed by atoms with Gasteiger partial charge in [0, 0.05) is 25.7 Å². The number of carboxylic acids is 1. The summed E-state index contributed by atoms with van der Waals surface area (Å²) in [7, 11) is 1.99. The van der Waals surface area contributed by atoms with Gasteiger partial charge in [0.15, 0.2) is 0 Å². The minimum Gasteiger partial charge on any atom is -0.481 e. The van der Waals surface area contributed by atoms with Crippen LogP contribution in [0.25, 0.3) is 0 Å². The van der Waals surface area contributed by atoms with E-state index in [-0.39, 0.29) is 12.5 Å². The number of carboxylic acid groups (broad SMARTS) is 1. The van der Waals surface area contributed by atoms with E-state index in [1.54, 1.807) is 0 Å². The number of rotatable bonds is 8. The highest BCUT2D eigenvalue weighted by Crippen LogP contribution is 2.14. The fourth-order valence-corrected chi connectivity index (χ4v) is 1.71. The summed E-state index contributed by atoms with van der Waals surface area (Å²) in [5.41, 5.74) is 0. The molecule has 0 aromatic carbocycles. The van der Waals surface area contributed by atoms with E-state index in [0.29, 0.717) is 5.82 Å². The van der Waals surface area contributed by atoms with E-state index in [9.17, 15) is 4.79 Å². The van der Waals surface area contributed by atoms with Crippen molar-refractivity contribution < 1.29 is 9.90 Å². The summed E-state index contributed by atoms with van der Waals surface area (Å²) >= 11 is 0. The molecule has 0 aliphatic heterocycles. The van der Waals surface area contributed by atoms with Crippen molar-refractivity contribution in [3.8, 4) is 0 Å². The second-order valence-corrected chi connectivity index (χ2v) is 4.68. The zero-order valence-corrected chi connectivity index (χ0v) is 11.8. The Morgan fingerprint density at radius 1 is 1.53 bits per heavy atom. The molecule has 2 N–H and O–H groups in total. The summed E-state index contributed by atoms with van der Waals surface area (Å²) < 4.78 is 0. The number of hydrogen-bond donors (Lipinski definition) is 2. The van der Waals surface area contributed by atoms with E-state index in [0.717, 1.165) is 25.2 Å². The van der Waals surface area contributed by atoms with Gasteiger partial charge in [-0.3, -0.25) is 4.79 Å². The van der Waals surface area contributed by atoms with Crippen LogP contribution in [0.1, 0.15) is 33.1 Å². The first-order valence-corrected chi connectivity index (χ1v) is 6.54. The van der Waals surface area contributed by atoms with Gasteiger partial charge in [0.25, 0.3) is 0 Å². The van der Waals surface area contributed by atoms with Crippen molar-refractivity contribution in [1.82, 2.24) is 9.97 Å². The standard InChI is InChI=1S/C13H22N4O2/c1-4-5-6-17(3)12-8-11(14-9-15-12)16-10(2)7-13(18)19/h8-10H,4-7H2,1-3H3,(H,18,19)(H,14,15,16). The quantitative estimate of drug-likeness (QED) is 0.749. The highest BCUT2D eigenvalue weighted by atomic mass is 16.4. The fraction of sp³-hybridized carbons (Fsp3) is 0.615. The lowest BCUT2D eigenvalue weighted by atomic mass is 10.2. The zero-order chi connectivity index (χ0) is 14.3. The number of carbonyl (C=O) groups is 1. The summed E-state index contributed by atoms with van der Waals surface area (Å²) in [4.78, 5) is 21.0. The molecule has 0 spiro atoms. The minimum absolute atomic E-state index is 0.0605. The summed E-state index contributed by atoms with van der Waals surface area (Å²) in [5, 5.41) is 11.8. The number of unbranched alkanes of at least 4 members (excludes halogenated alkanes) is 1. The van der Waals surface area contributed by atoms with Crippen LogP contribution in [0.3, 0.4) is 0 Å². The Balaban J connectivity index is 2.63. The number of hydrogen-bond acceptors (Lipinski definition) is 5. The number of anilines is 2. The second kappa shape index (κ2) is 7.56. The third-order valence-corrected chi connectivity index (χ3v) is 2.77. The maximum atomic E-state index is 10.6. The molecule has 0 aliphatic carbocycles. The second-order valence-electron chi connectivity index (χ2n) is 4.68. The molecule has 0 bridgehead atoms. The van der Waals surface area contributed by atoms with Gasteiger partial charge in [-0.05, 0) is 13.3 Å². The molecule has 0 radical (unpaired) electrons. The van der Waals surface area contributed by atoms with Gasteiger partial charge in [-0.15, -0.1) is 0 Å². The van der Waals surface area contributed by atoms with Crippen molar-refractivity contribution in [2.24, 2.45) is 0 Å². The van der Waals surface area contributed by atoms with Crippen molar-refractivity contribution in [1.29, 1.82) is 0 Å². The van der Waals surface area contributed by atoms with E-state index in [1.807, 2.05) is 20.0 Å². The summed E-state index contributed by atoms with van der Waals surface area (Å²) in [5.74, 6) is 0.671. The van der Waals surface area contributed by atoms with E-state index < -0.39 is 5.97 Å². The highest BCUT2D eigenvalue weighted by molar-refractivity contribution is 5.68. The molecule has 1 aromatic heterocycles. The SMILES string of the molecule is CCCCN(C)c1cc(NC(C)CC(=O)O)ncn1. The average Bonchev–Trinajstić information content (AvgIpc) is 2.35. The van der Waals surface area contributed by atoms with Crippen LogP contribution < -0.4 is 10.2 Å². The summed E-state index contributed by atoms with van der Waals surface area (Å²) in [6.45, 7) is 4.91. The summed E-state index contributed by atoms with van der Waals surface area (Å²) in [6, 6.07) is 1.68. The molecule has 1 aromatic rings. The van der Waals surface area contributed by atoms with E-state index in [4.69, 9.17) is 5.11 Å². The normalized spacial score (nSPS) is 11.9. The topological polar surface area (TPSA) is 78.4 Å². The van der Waals surface area contributed by atoms with Crippen LogP contribution in [0.15, 0.2) is 12.4 Å². The van der Waals surface area contributed by atoms with Crippen molar-refractivity contribution in [3.05, 3.63) is 12.4 Å². The Morgan fingerprint density at radius 3 is 2.89 bits per heavy atom. The Kier molecular flexibility index (Phi) is 6.05. The molecule has 0 aliphatic rings. The van der Waals surface area contributed by atoms with Gasteiger partial charge < -0.3 is 15.3 Å². The zero-order valence-electron chi connectivity index (χ0n) is 11.8. The molecule has 1 heterocycles. The van der Waals surface area contributed by atoms with Crippen LogP contribution in [0.5, 0.6) is 0 Å². The molecular formula is C13H22N4O2. The molecule has 0 fully saturated rings. The molecule has 106 valence electrons. The maximum absolute atomic E-state index is 10.6. The number of aromatic nitrogens is 2. The summed E-state index contributed by atoms with van der Waals surface area (Å²) in [6.07, 6.45) is 3.80. The average molecular weight is 266 g/mol. The monoisotopic (exact) mass is 266 g/mol. The van der Waals surface area contributed by atoms with Crippen molar-refractivity contribution in [2.75, 3.05) is 23.8 Å². The van der Waals surface area contributed by atoms with Gasteiger partial charge in [-0.25, -0.2) is 9.97 Å². The van der Waals surface area contributed by atoms with Gasteiger partial charge in [0.05, 0.1) is 6.42 Å². The Bertz CT molecular complexity index is 411. The molecule has 1 atom stereocenters. The van der Waals surface area contributed by atoms with Crippen molar-refractivity contribution in [2.45, 2.75) is 39.2 Å². The van der Waals surface area contributed by atoms with Crippen LogP contribution in [-0.4, -0.2) is 40.7 Å². The third kappa shape index (κ3) is 5.54. The van der Waals surface area contributed by atoms with Crippen molar-refractivity contribution >= 4 is 17.6 Å². The van der Waals surface area contributed by atoms with Crippen LogP contribution in [0, 0.1) is 0 Å². The lowest BCUT2D eigenvalue weighted by Gasteiger charge is -2.19. The van der Waals surface area contributed by atoms with Gasteiger partial charge in [-0.2, -0.15) is 0 Å². The lowest BCUT2D eigenvalue weighted by Crippen LogP contribution is -2.22. The van der Waals surface area contributed by atoms with Gasteiger partial charge >= 0.3 is 5.97 Å². The third-order valence-electron chi connectivity index (χ3n) is 2.77. The van der Waals surface area contributed by atoms with Crippen LogP contribution in [0.4, 0.5) is 11.6 Å². The van der Waals surface area contributed by atoms with E-state index in [1.165, 1.54) is 6.33 Å². The first-order chi connectivity index (χ1) is 9.02. The number of aliphatic carboxylic acids is 1. The Labute approximate surface area is 113 Å². The van der Waals surface area contributed by atoms with Crippen LogP contribution in [0.2, 0.25) is 0 Å². The molecule has 19 heavy (non-hydrogen) atoms. The predicted octanol–water partition coefficient (Wildman–Crippen LogP) is 1.99. The minimum atomic E-state index is -0.825. The molecule has 6 nitrogen and oxygen atoms in total. The fourth-order valence-electron chi connectivity index (χ4n) is 1.71. The number of nitrogens with zero attached hydrogens (tertiary/aromatic N) is 3. The molecule has 0 saturated carbocycles. The molecule has 0 amide bonds. The predicted molar refractivity (Wildman–Crippen MR) is 75.5 cm³/mol. The molecule has 1 rings (SSSR count). The Hall–Kier alpha value is -1.85. The first-order valence-electron chi connectivity index (χ1n) is 6.54. The van der Waals surface area contributed by atoms with E-state index in [2.05, 4.69) is 27.1 Å². The van der Waals surface area contributed by atoms with Gasteiger partial charge in [-0.1, -0.05) is 13.3 Å². The van der Waals surface area contributed by atoms with E-state index >= 15 is 0 Å². The lowest BCUT2D eigenvalue weighted by molar-refractivity contribution is -0.137. The van der Waals surface area contributed by atoms with Crippen molar-refractivity contribution in [3.63, 3.8) is 0 Å². The van der Waals surface area contributed by atoms with Crippen LogP contribution >= 0.6 is 0 Å². The van der Waals surface area contributed by atoms with Gasteiger partial charge in [0.1, 0.15) is 18.0 Å². The molecule has 0 saturated heterocycles. The molecule has 6 heteroatoms. The van der Waals surface area contributed by atoms with Gasteiger partial charge in [0.2, 0.25) is 0 Å². The number of nitrogens with one attached hydrogen (secondary N) is 1. The van der Waals surface area contributed by atoms with Crippen LogP contribution in [-0.2, 0) is 4.79 Å². The maximum Gasteiger partial charge on any atom is 0.305 e. The Morgan fingerprint density at radius 2 is 2.26 bits per heavy atom. The smallest absolute Gasteiger partial charge is 0.305 e. The highest BCUT2D eigenvalue weighted by Gasteiger charge is 2.09. The molecular weight excluding hydrogens is 244 g/mol.